The zero-order chi connectivity index (χ0) is 19.5. The smallest absolute Gasteiger partial charge is 0.330 e. The first-order valence-electron chi connectivity index (χ1n) is 9.41. The number of aliphatic hydroxyl groups is 1. The lowest BCUT2D eigenvalue weighted by Gasteiger charge is -2.54. The molecule has 1 aliphatic carbocycles. The largest absolute Gasteiger partial charge is 0.393 e. The molecule has 3 aliphatic rings. The van der Waals surface area contributed by atoms with Crippen molar-refractivity contribution in [1.82, 2.24) is 9.55 Å². The highest BCUT2D eigenvalue weighted by Crippen LogP contribution is 2.67. The first kappa shape index (κ1) is 17.8. The van der Waals surface area contributed by atoms with E-state index in [0.717, 1.165) is 5.56 Å². The summed E-state index contributed by atoms with van der Waals surface area (Å²) < 4.78 is 19.8. The van der Waals surface area contributed by atoms with Crippen molar-refractivity contribution in [1.29, 1.82) is 0 Å². The average Bonchev–Trinajstić information content (AvgIpc) is 3.13. The summed E-state index contributed by atoms with van der Waals surface area (Å²) in [4.78, 5) is 26.4. The lowest BCUT2D eigenvalue weighted by molar-refractivity contribution is -0.351. The van der Waals surface area contributed by atoms with Crippen molar-refractivity contribution in [3.8, 4) is 0 Å². The number of aromatic amines is 1. The number of hydrogen-bond acceptors (Lipinski definition) is 6. The van der Waals surface area contributed by atoms with Crippen LogP contribution in [0.1, 0.15) is 23.8 Å². The summed E-state index contributed by atoms with van der Waals surface area (Å²) in [5.41, 5.74) is -0.286. The molecule has 3 heterocycles. The molecule has 2 aromatic rings. The molecule has 2 N–H and O–H groups in total. The van der Waals surface area contributed by atoms with E-state index in [9.17, 15) is 14.7 Å². The summed E-state index contributed by atoms with van der Waals surface area (Å²) in [5, 5.41) is 10.1. The number of aryl methyl sites for hydroxylation is 1. The molecule has 148 valence electrons. The van der Waals surface area contributed by atoms with Gasteiger partial charge in [0.1, 0.15) is 11.8 Å². The number of hydrogen-bond donors (Lipinski definition) is 2. The zero-order valence-corrected chi connectivity index (χ0v) is 15.5. The summed E-state index contributed by atoms with van der Waals surface area (Å²) in [7, 11) is 0. The molecule has 2 saturated heterocycles. The Labute approximate surface area is 160 Å². The normalized spacial score (nSPS) is 35.6. The summed E-state index contributed by atoms with van der Waals surface area (Å²) in [6.45, 7) is 2.21. The number of nitrogens with one attached hydrogen (secondary N) is 1. The maximum Gasteiger partial charge on any atom is 0.330 e. The van der Waals surface area contributed by atoms with E-state index >= 15 is 0 Å². The van der Waals surface area contributed by atoms with Crippen molar-refractivity contribution in [3.05, 3.63) is 68.5 Å². The highest BCUT2D eigenvalue weighted by Gasteiger charge is 2.77. The number of aliphatic hydroxyl groups excluding tert-OH is 1. The first-order valence-corrected chi connectivity index (χ1v) is 9.41. The van der Waals surface area contributed by atoms with E-state index in [0.29, 0.717) is 25.2 Å². The lowest BCUT2D eigenvalue weighted by Crippen LogP contribution is -2.66. The molecular formula is C20H22N2O6. The van der Waals surface area contributed by atoms with Crippen molar-refractivity contribution in [2.24, 2.45) is 11.8 Å². The van der Waals surface area contributed by atoms with Crippen molar-refractivity contribution >= 4 is 0 Å². The molecule has 28 heavy (non-hydrogen) atoms. The van der Waals surface area contributed by atoms with Crippen LogP contribution in [0.2, 0.25) is 0 Å². The Morgan fingerprint density at radius 1 is 1.32 bits per heavy atom. The average molecular weight is 386 g/mol. The van der Waals surface area contributed by atoms with Crippen molar-refractivity contribution < 1.29 is 19.3 Å². The van der Waals surface area contributed by atoms with E-state index in [1.54, 1.807) is 6.92 Å². The minimum atomic E-state index is -0.821. The Balaban J connectivity index is 1.44. The molecule has 5 rings (SSSR count). The van der Waals surface area contributed by atoms with Gasteiger partial charge < -0.3 is 19.3 Å². The van der Waals surface area contributed by atoms with Gasteiger partial charge in [0.15, 0.2) is 5.79 Å². The van der Waals surface area contributed by atoms with Gasteiger partial charge in [0.05, 0.1) is 25.7 Å². The molecule has 1 aromatic heterocycles. The fraction of sp³-hybridized carbons (Fsp3) is 0.500. The first-order chi connectivity index (χ1) is 13.5. The van der Waals surface area contributed by atoms with Crippen molar-refractivity contribution in [3.63, 3.8) is 0 Å². The summed E-state index contributed by atoms with van der Waals surface area (Å²) in [5.74, 6) is -1.16. The number of ether oxygens (including phenoxy) is 3. The molecule has 0 amide bonds. The molecule has 3 fully saturated rings. The Bertz CT molecular complexity index is 1020. The van der Waals surface area contributed by atoms with E-state index in [4.69, 9.17) is 14.2 Å². The van der Waals surface area contributed by atoms with Gasteiger partial charge in [0.25, 0.3) is 5.56 Å². The molecule has 2 aliphatic heterocycles. The van der Waals surface area contributed by atoms with Gasteiger partial charge in [-0.1, -0.05) is 30.3 Å². The van der Waals surface area contributed by atoms with Gasteiger partial charge in [0.2, 0.25) is 0 Å². The van der Waals surface area contributed by atoms with Crippen LogP contribution in [0, 0.1) is 18.8 Å². The van der Waals surface area contributed by atoms with Crippen LogP contribution in [-0.4, -0.2) is 39.3 Å². The van der Waals surface area contributed by atoms with E-state index in [2.05, 4.69) is 4.98 Å². The minimum Gasteiger partial charge on any atom is -0.393 e. The second-order valence-corrected chi connectivity index (χ2v) is 7.93. The predicted octanol–water partition coefficient (Wildman–Crippen LogP) is 0.684. The number of benzene rings is 1. The van der Waals surface area contributed by atoms with Gasteiger partial charge in [-0.05, 0) is 12.5 Å². The van der Waals surface area contributed by atoms with Crippen LogP contribution in [0.25, 0.3) is 0 Å². The van der Waals surface area contributed by atoms with Gasteiger partial charge in [-0.2, -0.15) is 0 Å². The van der Waals surface area contributed by atoms with Crippen molar-refractivity contribution in [2.45, 2.75) is 37.6 Å². The molecule has 0 spiro atoms. The van der Waals surface area contributed by atoms with Gasteiger partial charge in [-0.3, -0.25) is 14.3 Å². The van der Waals surface area contributed by atoms with E-state index in [-0.39, 0.29) is 18.4 Å². The predicted molar refractivity (Wildman–Crippen MR) is 97.5 cm³/mol. The summed E-state index contributed by atoms with van der Waals surface area (Å²) >= 11 is 0. The van der Waals surface area contributed by atoms with Crippen LogP contribution in [0.5, 0.6) is 0 Å². The molecule has 5 atom stereocenters. The molecule has 0 bridgehead atoms. The van der Waals surface area contributed by atoms with Crippen LogP contribution in [-0.2, 0) is 20.8 Å². The summed E-state index contributed by atoms with van der Waals surface area (Å²) in [6, 6.07) is 9.82. The maximum absolute atomic E-state index is 12.4. The highest BCUT2D eigenvalue weighted by atomic mass is 16.7. The molecule has 0 radical (unpaired) electrons. The van der Waals surface area contributed by atoms with Gasteiger partial charge in [-0.15, -0.1) is 0 Å². The van der Waals surface area contributed by atoms with Crippen LogP contribution >= 0.6 is 0 Å². The van der Waals surface area contributed by atoms with E-state index in [1.165, 1.54) is 10.8 Å². The topological polar surface area (TPSA) is 103 Å². The zero-order valence-electron chi connectivity index (χ0n) is 15.5. The Morgan fingerprint density at radius 2 is 2.11 bits per heavy atom. The molecule has 1 saturated carbocycles. The van der Waals surface area contributed by atoms with Crippen LogP contribution in [0.3, 0.4) is 0 Å². The van der Waals surface area contributed by atoms with Crippen LogP contribution in [0.4, 0.5) is 0 Å². The lowest BCUT2D eigenvalue weighted by atomic mass is 9.62. The third-order valence-electron chi connectivity index (χ3n) is 6.27. The number of H-pyrrole nitrogens is 1. The third-order valence-corrected chi connectivity index (χ3v) is 6.27. The minimum absolute atomic E-state index is 0.153. The van der Waals surface area contributed by atoms with Gasteiger partial charge in [0, 0.05) is 24.1 Å². The quantitative estimate of drug-likeness (QED) is 0.784. The molecule has 8 heteroatoms. The maximum atomic E-state index is 12.4. The molecule has 3 unspecified atom stereocenters. The van der Waals surface area contributed by atoms with E-state index in [1.807, 2.05) is 30.3 Å². The SMILES string of the molecule is Cc1cn([C@@H]2O[C@@]3(CO)CC4(OCc5ccccc5)OCC2C43)c(=O)[nH]c1=O. The Morgan fingerprint density at radius 3 is 2.86 bits per heavy atom. The molecular weight excluding hydrogens is 364 g/mol. The molecule has 1 aromatic carbocycles. The number of aromatic nitrogens is 2. The van der Waals surface area contributed by atoms with Gasteiger partial charge in [-0.25, -0.2) is 4.79 Å². The molecule has 8 nitrogen and oxygen atoms in total. The monoisotopic (exact) mass is 386 g/mol. The Kier molecular flexibility index (Phi) is 3.89. The van der Waals surface area contributed by atoms with Crippen molar-refractivity contribution in [2.75, 3.05) is 13.2 Å². The standard InChI is InChI=1S/C20H22N2O6/c1-12-7-22(18(25)21-16(12)24)17-14-9-27-20(10-19(11-23,28-17)15(14)20)26-8-13-5-3-2-4-6-13/h2-7,14-15,17,23H,8-11H2,1H3,(H,21,24,25)/t14?,15?,17-,19-,20?/m1/s1. The van der Waals surface area contributed by atoms with Crippen LogP contribution in [0.15, 0.2) is 46.1 Å². The fourth-order valence-electron chi connectivity index (χ4n) is 4.98. The van der Waals surface area contributed by atoms with Gasteiger partial charge >= 0.3 is 5.69 Å². The summed E-state index contributed by atoms with van der Waals surface area (Å²) in [6.07, 6.45) is 1.29. The Hall–Kier alpha value is -2.26. The second-order valence-electron chi connectivity index (χ2n) is 7.93. The third kappa shape index (κ3) is 2.39. The van der Waals surface area contributed by atoms with Crippen LogP contribution < -0.4 is 11.2 Å². The van der Waals surface area contributed by atoms with E-state index < -0.39 is 28.9 Å². The second kappa shape index (κ2) is 6.12. The fourth-order valence-corrected chi connectivity index (χ4v) is 4.98. The number of nitrogens with zero attached hydrogens (tertiary/aromatic N) is 1. The highest BCUT2D eigenvalue weighted by molar-refractivity contribution is 5.21. The number of rotatable bonds is 5.